The highest BCUT2D eigenvalue weighted by molar-refractivity contribution is 5.71. The van der Waals surface area contributed by atoms with E-state index >= 15 is 0 Å². The van der Waals surface area contributed by atoms with Gasteiger partial charge in [-0.3, -0.25) is 4.79 Å². The third kappa shape index (κ3) is 2.92. The number of aryl methyl sites for hydroxylation is 1. The molecule has 1 aromatic carbocycles. The SMILES string of the molecule is CCCc1ccc(C2CCCCC2C(=O)O)cc1. The molecule has 0 bridgehead atoms. The molecule has 0 heterocycles. The lowest BCUT2D eigenvalue weighted by molar-refractivity contribution is -0.143. The van der Waals surface area contributed by atoms with Crippen molar-refractivity contribution in [2.24, 2.45) is 5.92 Å². The second-order valence-electron chi connectivity index (χ2n) is 5.33. The molecule has 2 heteroatoms. The molecular weight excluding hydrogens is 224 g/mol. The highest BCUT2D eigenvalue weighted by Gasteiger charge is 2.31. The van der Waals surface area contributed by atoms with Gasteiger partial charge in [0, 0.05) is 0 Å². The summed E-state index contributed by atoms with van der Waals surface area (Å²) in [6, 6.07) is 8.59. The molecule has 0 aromatic heterocycles. The molecule has 1 aliphatic carbocycles. The Morgan fingerprint density at radius 3 is 2.50 bits per heavy atom. The maximum atomic E-state index is 11.3. The van der Waals surface area contributed by atoms with Crippen LogP contribution in [-0.2, 0) is 11.2 Å². The zero-order valence-corrected chi connectivity index (χ0v) is 11.1. The maximum Gasteiger partial charge on any atom is 0.307 e. The predicted octanol–water partition coefficient (Wildman–Crippen LogP) is 4.00. The van der Waals surface area contributed by atoms with Crippen LogP contribution in [0.5, 0.6) is 0 Å². The Bertz CT molecular complexity index is 394. The highest BCUT2D eigenvalue weighted by atomic mass is 16.4. The molecule has 18 heavy (non-hydrogen) atoms. The van der Waals surface area contributed by atoms with Gasteiger partial charge in [-0.15, -0.1) is 0 Å². The van der Waals surface area contributed by atoms with Gasteiger partial charge in [-0.25, -0.2) is 0 Å². The Labute approximate surface area is 109 Å². The summed E-state index contributed by atoms with van der Waals surface area (Å²) in [6.45, 7) is 2.18. The number of hydrogen-bond acceptors (Lipinski definition) is 1. The van der Waals surface area contributed by atoms with Gasteiger partial charge in [-0.2, -0.15) is 0 Å². The molecule has 2 unspecified atom stereocenters. The van der Waals surface area contributed by atoms with Crippen molar-refractivity contribution >= 4 is 5.97 Å². The van der Waals surface area contributed by atoms with Gasteiger partial charge in [-0.05, 0) is 36.3 Å². The zero-order valence-electron chi connectivity index (χ0n) is 11.1. The van der Waals surface area contributed by atoms with Crippen molar-refractivity contribution in [1.82, 2.24) is 0 Å². The molecule has 1 aliphatic rings. The van der Waals surface area contributed by atoms with Crippen LogP contribution >= 0.6 is 0 Å². The van der Waals surface area contributed by atoms with Crippen molar-refractivity contribution < 1.29 is 9.90 Å². The average Bonchev–Trinajstić information content (AvgIpc) is 2.40. The summed E-state index contributed by atoms with van der Waals surface area (Å²) >= 11 is 0. The van der Waals surface area contributed by atoms with Gasteiger partial charge in [-0.1, -0.05) is 50.5 Å². The van der Waals surface area contributed by atoms with E-state index in [1.54, 1.807) is 0 Å². The largest absolute Gasteiger partial charge is 0.481 e. The summed E-state index contributed by atoms with van der Waals surface area (Å²) in [6.07, 6.45) is 6.32. The number of aliphatic carboxylic acids is 1. The molecule has 2 nitrogen and oxygen atoms in total. The van der Waals surface area contributed by atoms with Crippen molar-refractivity contribution in [1.29, 1.82) is 0 Å². The summed E-state index contributed by atoms with van der Waals surface area (Å²) in [4.78, 5) is 11.3. The number of carboxylic acids is 1. The molecule has 2 atom stereocenters. The third-order valence-corrected chi connectivity index (χ3v) is 4.03. The van der Waals surface area contributed by atoms with Gasteiger partial charge in [0.15, 0.2) is 0 Å². The minimum atomic E-state index is -0.627. The van der Waals surface area contributed by atoms with Gasteiger partial charge in [0.05, 0.1) is 5.92 Å². The number of benzene rings is 1. The van der Waals surface area contributed by atoms with Crippen molar-refractivity contribution in [3.8, 4) is 0 Å². The van der Waals surface area contributed by atoms with E-state index in [1.165, 1.54) is 11.1 Å². The first kappa shape index (κ1) is 13.1. The van der Waals surface area contributed by atoms with E-state index in [9.17, 15) is 9.90 Å². The highest BCUT2D eigenvalue weighted by Crippen LogP contribution is 2.37. The van der Waals surface area contributed by atoms with E-state index in [0.29, 0.717) is 0 Å². The van der Waals surface area contributed by atoms with E-state index in [0.717, 1.165) is 38.5 Å². The predicted molar refractivity (Wildman–Crippen MR) is 72.8 cm³/mol. The number of rotatable bonds is 4. The zero-order chi connectivity index (χ0) is 13.0. The van der Waals surface area contributed by atoms with Crippen LogP contribution in [0.25, 0.3) is 0 Å². The molecule has 1 N–H and O–H groups in total. The fraction of sp³-hybridized carbons (Fsp3) is 0.562. The minimum Gasteiger partial charge on any atom is -0.481 e. The second-order valence-corrected chi connectivity index (χ2v) is 5.33. The smallest absolute Gasteiger partial charge is 0.307 e. The topological polar surface area (TPSA) is 37.3 Å². The average molecular weight is 246 g/mol. The first-order valence-electron chi connectivity index (χ1n) is 7.04. The summed E-state index contributed by atoms with van der Waals surface area (Å²) in [5.74, 6) is -0.597. The Balaban J connectivity index is 2.15. The Morgan fingerprint density at radius 1 is 1.22 bits per heavy atom. The first-order chi connectivity index (χ1) is 8.72. The normalized spacial score (nSPS) is 23.8. The fourth-order valence-electron chi connectivity index (χ4n) is 3.05. The molecule has 0 saturated heterocycles. The van der Waals surface area contributed by atoms with Gasteiger partial charge >= 0.3 is 5.97 Å². The lowest BCUT2D eigenvalue weighted by Gasteiger charge is -2.29. The van der Waals surface area contributed by atoms with Crippen LogP contribution in [0, 0.1) is 5.92 Å². The molecule has 1 saturated carbocycles. The lowest BCUT2D eigenvalue weighted by atomic mass is 9.75. The number of carbonyl (C=O) groups is 1. The summed E-state index contributed by atoms with van der Waals surface area (Å²) < 4.78 is 0. The minimum absolute atomic E-state index is 0.184. The number of hydrogen-bond donors (Lipinski definition) is 1. The van der Waals surface area contributed by atoms with Crippen LogP contribution in [-0.4, -0.2) is 11.1 Å². The Hall–Kier alpha value is -1.31. The summed E-state index contributed by atoms with van der Waals surface area (Å²) in [5.41, 5.74) is 2.56. The molecule has 0 amide bonds. The van der Waals surface area contributed by atoms with Crippen molar-refractivity contribution in [3.05, 3.63) is 35.4 Å². The third-order valence-electron chi connectivity index (χ3n) is 4.03. The molecular formula is C16H22O2. The quantitative estimate of drug-likeness (QED) is 0.872. The van der Waals surface area contributed by atoms with Gasteiger partial charge in [0.2, 0.25) is 0 Å². The maximum absolute atomic E-state index is 11.3. The van der Waals surface area contributed by atoms with Gasteiger partial charge in [0.25, 0.3) is 0 Å². The number of carboxylic acid groups (broad SMARTS) is 1. The standard InChI is InChI=1S/C16H22O2/c1-2-5-12-8-10-13(11-9-12)14-6-3-4-7-15(14)16(17)18/h8-11,14-15H,2-7H2,1H3,(H,17,18). The van der Waals surface area contributed by atoms with E-state index in [2.05, 4.69) is 31.2 Å². The summed E-state index contributed by atoms with van der Waals surface area (Å²) in [7, 11) is 0. The lowest BCUT2D eigenvalue weighted by Crippen LogP contribution is -2.25. The molecule has 0 radical (unpaired) electrons. The van der Waals surface area contributed by atoms with Crippen molar-refractivity contribution in [3.63, 3.8) is 0 Å². The van der Waals surface area contributed by atoms with Crippen LogP contribution in [0.2, 0.25) is 0 Å². The molecule has 0 spiro atoms. The Morgan fingerprint density at radius 2 is 1.89 bits per heavy atom. The monoisotopic (exact) mass is 246 g/mol. The molecule has 2 rings (SSSR count). The van der Waals surface area contributed by atoms with Gasteiger partial charge < -0.3 is 5.11 Å². The molecule has 1 fully saturated rings. The van der Waals surface area contributed by atoms with E-state index in [1.807, 2.05) is 0 Å². The van der Waals surface area contributed by atoms with Crippen molar-refractivity contribution in [2.45, 2.75) is 51.4 Å². The van der Waals surface area contributed by atoms with Gasteiger partial charge in [0.1, 0.15) is 0 Å². The fourth-order valence-corrected chi connectivity index (χ4v) is 3.05. The van der Waals surface area contributed by atoms with E-state index in [-0.39, 0.29) is 11.8 Å². The molecule has 98 valence electrons. The Kier molecular flexibility index (Phi) is 4.40. The van der Waals surface area contributed by atoms with E-state index < -0.39 is 5.97 Å². The van der Waals surface area contributed by atoms with Crippen LogP contribution in [0.15, 0.2) is 24.3 Å². The molecule has 0 aliphatic heterocycles. The van der Waals surface area contributed by atoms with Crippen molar-refractivity contribution in [2.75, 3.05) is 0 Å². The van der Waals surface area contributed by atoms with Crippen LogP contribution in [0.4, 0.5) is 0 Å². The first-order valence-corrected chi connectivity index (χ1v) is 7.04. The van der Waals surface area contributed by atoms with Crippen LogP contribution in [0.1, 0.15) is 56.1 Å². The van der Waals surface area contributed by atoms with E-state index in [4.69, 9.17) is 0 Å². The van der Waals surface area contributed by atoms with Crippen LogP contribution < -0.4 is 0 Å². The molecule has 1 aromatic rings. The summed E-state index contributed by atoms with van der Waals surface area (Å²) in [5, 5.41) is 9.31. The second kappa shape index (κ2) is 6.03. The van der Waals surface area contributed by atoms with Crippen LogP contribution in [0.3, 0.4) is 0 Å².